The van der Waals surface area contributed by atoms with Gasteiger partial charge in [0.1, 0.15) is 0 Å². The van der Waals surface area contributed by atoms with Crippen LogP contribution in [-0.2, 0) is 28.0 Å². The lowest BCUT2D eigenvalue weighted by Gasteiger charge is -2.10. The van der Waals surface area contributed by atoms with Gasteiger partial charge in [0.15, 0.2) is 12.4 Å². The van der Waals surface area contributed by atoms with Gasteiger partial charge < -0.3 is 9.26 Å². The second-order valence-electron chi connectivity index (χ2n) is 5.46. The number of esters is 1. The zero-order chi connectivity index (χ0) is 14.8. The molecule has 0 bridgehead atoms. The maximum Gasteiger partial charge on any atom is 0.312 e. The topological polar surface area (TPSA) is 78.1 Å². The van der Waals surface area contributed by atoms with E-state index in [9.17, 15) is 4.79 Å². The third-order valence-electron chi connectivity index (χ3n) is 2.49. The second kappa shape index (κ2) is 5.70. The van der Waals surface area contributed by atoms with E-state index < -0.39 is 0 Å². The van der Waals surface area contributed by atoms with Crippen molar-refractivity contribution in [1.29, 1.82) is 0 Å². The van der Waals surface area contributed by atoms with E-state index in [1.807, 2.05) is 33.1 Å². The molecular formula is C13H17N3O3S. The van der Waals surface area contributed by atoms with Crippen LogP contribution in [-0.4, -0.2) is 21.1 Å². The van der Waals surface area contributed by atoms with Crippen molar-refractivity contribution in [1.82, 2.24) is 15.1 Å². The highest BCUT2D eigenvalue weighted by atomic mass is 32.1. The minimum absolute atomic E-state index is 0.00890. The van der Waals surface area contributed by atoms with Crippen LogP contribution in [0.4, 0.5) is 0 Å². The first kappa shape index (κ1) is 14.6. The lowest BCUT2D eigenvalue weighted by atomic mass is 9.96. The standard InChI is InChI=1S/C13H17N3O3S/c1-8-14-9(7-20-8)5-11(17)18-6-10-15-12(16-19-10)13(2,3)4/h7H,5-6H2,1-4H3. The number of rotatable bonds is 4. The van der Waals surface area contributed by atoms with Crippen LogP contribution in [0.3, 0.4) is 0 Å². The molecule has 0 radical (unpaired) electrons. The maximum atomic E-state index is 11.7. The van der Waals surface area contributed by atoms with E-state index in [1.54, 1.807) is 0 Å². The summed E-state index contributed by atoms with van der Waals surface area (Å²) in [7, 11) is 0. The summed E-state index contributed by atoms with van der Waals surface area (Å²) >= 11 is 1.51. The summed E-state index contributed by atoms with van der Waals surface area (Å²) in [4.78, 5) is 20.1. The van der Waals surface area contributed by atoms with Crippen LogP contribution in [0.25, 0.3) is 0 Å². The predicted octanol–water partition coefficient (Wildman–Crippen LogP) is 2.42. The highest BCUT2D eigenvalue weighted by Crippen LogP contribution is 2.18. The van der Waals surface area contributed by atoms with E-state index in [1.165, 1.54) is 11.3 Å². The molecular weight excluding hydrogens is 278 g/mol. The highest BCUT2D eigenvalue weighted by molar-refractivity contribution is 7.09. The molecule has 0 unspecified atom stereocenters. The number of aryl methyl sites for hydroxylation is 1. The molecule has 2 aromatic heterocycles. The van der Waals surface area contributed by atoms with Crippen molar-refractivity contribution in [2.24, 2.45) is 0 Å². The van der Waals surface area contributed by atoms with E-state index in [0.717, 1.165) is 10.7 Å². The number of ether oxygens (including phenoxy) is 1. The van der Waals surface area contributed by atoms with Gasteiger partial charge in [-0.15, -0.1) is 11.3 Å². The van der Waals surface area contributed by atoms with Gasteiger partial charge in [0.25, 0.3) is 5.89 Å². The van der Waals surface area contributed by atoms with Crippen molar-refractivity contribution in [2.45, 2.75) is 46.1 Å². The Morgan fingerprint density at radius 3 is 2.70 bits per heavy atom. The molecule has 2 heterocycles. The fraction of sp³-hybridized carbons (Fsp3) is 0.538. The van der Waals surface area contributed by atoms with Gasteiger partial charge in [-0.2, -0.15) is 4.98 Å². The zero-order valence-electron chi connectivity index (χ0n) is 12.0. The third-order valence-corrected chi connectivity index (χ3v) is 3.31. The molecule has 0 saturated heterocycles. The van der Waals surface area contributed by atoms with Gasteiger partial charge >= 0.3 is 5.97 Å². The predicted molar refractivity (Wildman–Crippen MR) is 73.3 cm³/mol. The van der Waals surface area contributed by atoms with E-state index in [4.69, 9.17) is 9.26 Å². The first-order chi connectivity index (χ1) is 9.34. The fourth-order valence-electron chi connectivity index (χ4n) is 1.45. The minimum Gasteiger partial charge on any atom is -0.455 e. The first-order valence-corrected chi connectivity index (χ1v) is 7.12. The molecule has 108 valence electrons. The SMILES string of the molecule is Cc1nc(CC(=O)OCc2nc(C(C)(C)C)no2)cs1. The summed E-state index contributed by atoms with van der Waals surface area (Å²) in [6.07, 6.45) is 0.157. The Balaban J connectivity index is 1.86. The number of nitrogens with zero attached hydrogens (tertiary/aromatic N) is 3. The fourth-order valence-corrected chi connectivity index (χ4v) is 2.06. The number of hydrogen-bond donors (Lipinski definition) is 0. The summed E-state index contributed by atoms with van der Waals surface area (Å²) in [5.74, 6) is 0.544. The zero-order valence-corrected chi connectivity index (χ0v) is 12.8. The van der Waals surface area contributed by atoms with Crippen LogP contribution in [0.15, 0.2) is 9.90 Å². The summed E-state index contributed by atoms with van der Waals surface area (Å²) in [6.45, 7) is 7.84. The Kier molecular flexibility index (Phi) is 4.17. The molecule has 6 nitrogen and oxygen atoms in total. The van der Waals surface area contributed by atoms with Crippen LogP contribution in [0.1, 0.15) is 43.2 Å². The van der Waals surface area contributed by atoms with Crippen LogP contribution in [0.2, 0.25) is 0 Å². The molecule has 0 spiro atoms. The third kappa shape index (κ3) is 3.86. The normalized spacial score (nSPS) is 11.6. The molecule has 0 aliphatic rings. The molecule has 0 N–H and O–H groups in total. The van der Waals surface area contributed by atoms with E-state index >= 15 is 0 Å². The van der Waals surface area contributed by atoms with Gasteiger partial charge in [-0.25, -0.2) is 4.98 Å². The maximum absolute atomic E-state index is 11.7. The van der Waals surface area contributed by atoms with Crippen LogP contribution in [0, 0.1) is 6.92 Å². The number of hydrogen-bond acceptors (Lipinski definition) is 7. The summed E-state index contributed by atoms with van der Waals surface area (Å²) < 4.78 is 10.1. The Morgan fingerprint density at radius 2 is 2.15 bits per heavy atom. The van der Waals surface area contributed by atoms with Gasteiger partial charge in [-0.05, 0) is 6.92 Å². The molecule has 0 fully saturated rings. The first-order valence-electron chi connectivity index (χ1n) is 6.24. The van der Waals surface area contributed by atoms with Gasteiger partial charge in [0.2, 0.25) is 0 Å². The summed E-state index contributed by atoms with van der Waals surface area (Å²) in [5, 5.41) is 6.64. The van der Waals surface area contributed by atoms with Crippen LogP contribution < -0.4 is 0 Å². The number of carbonyl (C=O) groups excluding carboxylic acids is 1. The smallest absolute Gasteiger partial charge is 0.312 e. The molecule has 0 aliphatic carbocycles. The van der Waals surface area contributed by atoms with Crippen molar-refractivity contribution in [3.05, 3.63) is 27.8 Å². The average Bonchev–Trinajstić information content (AvgIpc) is 2.95. The van der Waals surface area contributed by atoms with Gasteiger partial charge in [-0.3, -0.25) is 4.79 Å². The van der Waals surface area contributed by atoms with Crippen molar-refractivity contribution in [2.75, 3.05) is 0 Å². The molecule has 2 aromatic rings. The Morgan fingerprint density at radius 1 is 1.40 bits per heavy atom. The van der Waals surface area contributed by atoms with E-state index in [2.05, 4.69) is 15.1 Å². The van der Waals surface area contributed by atoms with Crippen molar-refractivity contribution < 1.29 is 14.1 Å². The second-order valence-corrected chi connectivity index (χ2v) is 6.52. The number of carbonyl (C=O) groups is 1. The van der Waals surface area contributed by atoms with Gasteiger partial charge in [-0.1, -0.05) is 25.9 Å². The number of aromatic nitrogens is 3. The lowest BCUT2D eigenvalue weighted by Crippen LogP contribution is -2.13. The largest absolute Gasteiger partial charge is 0.455 e. The molecule has 7 heteroatoms. The molecule has 0 amide bonds. The Bertz CT molecular complexity index is 598. The minimum atomic E-state index is -0.356. The van der Waals surface area contributed by atoms with Gasteiger partial charge in [0, 0.05) is 10.8 Å². The van der Waals surface area contributed by atoms with E-state index in [-0.39, 0.29) is 24.4 Å². The molecule has 0 aromatic carbocycles. The Hall–Kier alpha value is -1.76. The molecule has 20 heavy (non-hydrogen) atoms. The number of thiazole rings is 1. The van der Waals surface area contributed by atoms with Crippen LogP contribution in [0.5, 0.6) is 0 Å². The summed E-state index contributed by atoms with van der Waals surface area (Å²) in [6, 6.07) is 0. The molecule has 0 aliphatic heterocycles. The average molecular weight is 295 g/mol. The molecule has 2 rings (SSSR count). The lowest BCUT2D eigenvalue weighted by molar-refractivity contribution is -0.144. The monoisotopic (exact) mass is 295 g/mol. The Labute approximate surface area is 121 Å². The molecule has 0 atom stereocenters. The van der Waals surface area contributed by atoms with Crippen molar-refractivity contribution >= 4 is 17.3 Å². The van der Waals surface area contributed by atoms with E-state index in [0.29, 0.717) is 11.7 Å². The van der Waals surface area contributed by atoms with Crippen LogP contribution >= 0.6 is 11.3 Å². The van der Waals surface area contributed by atoms with Gasteiger partial charge in [0.05, 0.1) is 17.1 Å². The van der Waals surface area contributed by atoms with Crippen molar-refractivity contribution in [3.8, 4) is 0 Å². The van der Waals surface area contributed by atoms with Crippen molar-refractivity contribution in [3.63, 3.8) is 0 Å². The molecule has 0 saturated carbocycles. The summed E-state index contributed by atoms with van der Waals surface area (Å²) in [5.41, 5.74) is 0.530. The quantitative estimate of drug-likeness (QED) is 0.806. The highest BCUT2D eigenvalue weighted by Gasteiger charge is 2.21.